The summed E-state index contributed by atoms with van der Waals surface area (Å²) in [7, 11) is 1.27. The number of fused-ring (bicyclic) bond motifs is 2. The van der Waals surface area contributed by atoms with Gasteiger partial charge in [0.15, 0.2) is 5.43 Å². The second-order valence-electron chi connectivity index (χ2n) is 8.01. The molecular weight excluding hydrogens is 448 g/mol. The molecule has 0 aliphatic heterocycles. The Hall–Kier alpha value is -4.72. The Bertz CT molecular complexity index is 1630. The molecule has 8 heteroatoms. The van der Waals surface area contributed by atoms with Crippen LogP contribution in [0.1, 0.15) is 23.5 Å². The van der Waals surface area contributed by atoms with Gasteiger partial charge in [0.25, 0.3) is 0 Å². The van der Waals surface area contributed by atoms with Crippen molar-refractivity contribution in [3.05, 3.63) is 94.4 Å². The standard InChI is InChI=1S/C27H20N2O6/c1-34-24(33)12-17(16-7-8-18-19(11-16)29-10-9-28-18)25-20(30)13-21(31)26-22(32)14-23(35-27(25)26)15-5-3-2-4-6-15/h2-11,13-14,17,30-31H,12H2,1H3/t17-/m1/s1. The van der Waals surface area contributed by atoms with Crippen LogP contribution in [-0.4, -0.2) is 33.3 Å². The molecule has 0 spiro atoms. The lowest BCUT2D eigenvalue weighted by atomic mass is 9.86. The first kappa shape index (κ1) is 22.1. The number of esters is 1. The monoisotopic (exact) mass is 468 g/mol. The molecule has 2 N–H and O–H groups in total. The van der Waals surface area contributed by atoms with Gasteiger partial charge in [-0.05, 0) is 17.7 Å². The van der Waals surface area contributed by atoms with Gasteiger partial charge in [-0.3, -0.25) is 19.6 Å². The van der Waals surface area contributed by atoms with E-state index in [1.807, 2.05) is 6.07 Å². The van der Waals surface area contributed by atoms with Gasteiger partial charge < -0.3 is 19.4 Å². The van der Waals surface area contributed by atoms with E-state index in [4.69, 9.17) is 9.15 Å². The number of hydrogen-bond acceptors (Lipinski definition) is 8. The van der Waals surface area contributed by atoms with E-state index in [9.17, 15) is 19.8 Å². The van der Waals surface area contributed by atoms with Crippen molar-refractivity contribution < 1.29 is 24.2 Å². The van der Waals surface area contributed by atoms with Crippen LogP contribution in [0.2, 0.25) is 0 Å². The molecule has 8 nitrogen and oxygen atoms in total. The number of rotatable bonds is 5. The number of nitrogens with zero attached hydrogens (tertiary/aromatic N) is 2. The number of aromatic nitrogens is 2. The van der Waals surface area contributed by atoms with Gasteiger partial charge in [0.2, 0.25) is 0 Å². The summed E-state index contributed by atoms with van der Waals surface area (Å²) in [6, 6.07) is 16.7. The fourth-order valence-electron chi connectivity index (χ4n) is 4.24. The molecule has 174 valence electrons. The highest BCUT2D eigenvalue weighted by molar-refractivity contribution is 5.91. The SMILES string of the molecule is COC(=O)C[C@H](c1ccc2nccnc2c1)c1c(O)cc(O)c2c(=O)cc(-c3ccccc3)oc12. The first-order chi connectivity index (χ1) is 17.0. The van der Waals surface area contributed by atoms with E-state index in [0.717, 1.165) is 6.07 Å². The molecule has 35 heavy (non-hydrogen) atoms. The largest absolute Gasteiger partial charge is 0.507 e. The number of methoxy groups -OCH3 is 1. The number of hydrogen-bond donors (Lipinski definition) is 2. The zero-order valence-corrected chi connectivity index (χ0v) is 18.6. The summed E-state index contributed by atoms with van der Waals surface area (Å²) in [5, 5.41) is 21.4. The van der Waals surface area contributed by atoms with Gasteiger partial charge in [0.05, 0.1) is 24.6 Å². The van der Waals surface area contributed by atoms with Gasteiger partial charge in [-0.15, -0.1) is 0 Å². The van der Waals surface area contributed by atoms with E-state index < -0.39 is 23.1 Å². The van der Waals surface area contributed by atoms with E-state index >= 15 is 0 Å². The normalized spacial score (nSPS) is 12.0. The van der Waals surface area contributed by atoms with Crippen molar-refractivity contribution >= 4 is 28.0 Å². The van der Waals surface area contributed by atoms with Crippen LogP contribution in [0.5, 0.6) is 11.5 Å². The maximum absolute atomic E-state index is 13.1. The van der Waals surface area contributed by atoms with Crippen LogP contribution in [0, 0.1) is 0 Å². The first-order valence-electron chi connectivity index (χ1n) is 10.8. The van der Waals surface area contributed by atoms with Gasteiger partial charge in [-0.25, -0.2) is 0 Å². The van der Waals surface area contributed by atoms with E-state index in [1.165, 1.54) is 13.2 Å². The molecule has 5 aromatic rings. The predicted octanol–water partition coefficient (Wildman–Crippen LogP) is 4.51. The van der Waals surface area contributed by atoms with Crippen LogP contribution in [0.25, 0.3) is 33.3 Å². The van der Waals surface area contributed by atoms with Crippen molar-refractivity contribution in [3.63, 3.8) is 0 Å². The lowest BCUT2D eigenvalue weighted by Gasteiger charge is -2.20. The minimum Gasteiger partial charge on any atom is -0.507 e. The van der Waals surface area contributed by atoms with E-state index in [1.54, 1.807) is 54.9 Å². The third-order valence-electron chi connectivity index (χ3n) is 5.90. The summed E-state index contributed by atoms with van der Waals surface area (Å²) < 4.78 is 11.0. The molecule has 0 saturated carbocycles. The average Bonchev–Trinajstić information content (AvgIpc) is 2.87. The van der Waals surface area contributed by atoms with Crippen LogP contribution in [0.15, 0.2) is 82.3 Å². The van der Waals surface area contributed by atoms with Crippen molar-refractivity contribution in [3.8, 4) is 22.8 Å². The molecule has 0 aliphatic carbocycles. The summed E-state index contributed by atoms with van der Waals surface area (Å²) in [5.74, 6) is -1.79. The molecule has 0 amide bonds. The van der Waals surface area contributed by atoms with Crippen LogP contribution >= 0.6 is 0 Å². The van der Waals surface area contributed by atoms with Gasteiger partial charge >= 0.3 is 5.97 Å². The Morgan fingerprint density at radius 1 is 0.971 bits per heavy atom. The number of ether oxygens (including phenoxy) is 1. The predicted molar refractivity (Wildman–Crippen MR) is 129 cm³/mol. The average molecular weight is 468 g/mol. The second-order valence-corrected chi connectivity index (χ2v) is 8.01. The summed E-state index contributed by atoms with van der Waals surface area (Å²) in [6.07, 6.45) is 2.97. The maximum atomic E-state index is 13.1. The summed E-state index contributed by atoms with van der Waals surface area (Å²) in [5.41, 5.74) is 2.21. The molecule has 2 heterocycles. The molecule has 3 aromatic carbocycles. The van der Waals surface area contributed by atoms with Crippen LogP contribution in [-0.2, 0) is 9.53 Å². The Morgan fingerprint density at radius 3 is 2.46 bits per heavy atom. The topological polar surface area (TPSA) is 123 Å². The van der Waals surface area contributed by atoms with Gasteiger partial charge in [-0.1, -0.05) is 36.4 Å². The van der Waals surface area contributed by atoms with Crippen molar-refractivity contribution in [2.75, 3.05) is 7.11 Å². The Balaban J connectivity index is 1.81. The Morgan fingerprint density at radius 2 is 1.71 bits per heavy atom. The zero-order valence-electron chi connectivity index (χ0n) is 18.6. The third-order valence-corrected chi connectivity index (χ3v) is 5.90. The number of phenols is 2. The summed E-state index contributed by atoms with van der Waals surface area (Å²) in [6.45, 7) is 0. The molecule has 1 atom stereocenters. The molecule has 0 saturated heterocycles. The number of carbonyl (C=O) groups is 1. The molecule has 0 unspecified atom stereocenters. The lowest BCUT2D eigenvalue weighted by molar-refractivity contribution is -0.140. The van der Waals surface area contributed by atoms with Crippen molar-refractivity contribution in [1.82, 2.24) is 9.97 Å². The molecule has 0 radical (unpaired) electrons. The molecular formula is C27H20N2O6. The minimum absolute atomic E-state index is 0.0120. The lowest BCUT2D eigenvalue weighted by Crippen LogP contribution is -2.12. The summed E-state index contributed by atoms with van der Waals surface area (Å²) >= 11 is 0. The fraction of sp³-hybridized carbons (Fsp3) is 0.111. The Labute approximate surface area is 199 Å². The molecule has 0 fully saturated rings. The quantitative estimate of drug-likeness (QED) is 0.361. The number of carbonyl (C=O) groups excluding carboxylic acids is 1. The summed E-state index contributed by atoms with van der Waals surface area (Å²) in [4.78, 5) is 34.1. The highest BCUT2D eigenvalue weighted by atomic mass is 16.5. The van der Waals surface area contributed by atoms with Gasteiger partial charge in [0, 0.05) is 41.6 Å². The van der Waals surface area contributed by atoms with E-state index in [-0.39, 0.29) is 34.5 Å². The van der Waals surface area contributed by atoms with Crippen LogP contribution in [0.4, 0.5) is 0 Å². The number of benzene rings is 3. The Kier molecular flexibility index (Phi) is 5.62. The van der Waals surface area contributed by atoms with Crippen molar-refractivity contribution in [1.29, 1.82) is 0 Å². The van der Waals surface area contributed by atoms with E-state index in [2.05, 4.69) is 9.97 Å². The number of aromatic hydroxyl groups is 2. The van der Waals surface area contributed by atoms with Crippen molar-refractivity contribution in [2.24, 2.45) is 0 Å². The van der Waals surface area contributed by atoms with Gasteiger partial charge in [-0.2, -0.15) is 0 Å². The second kappa shape index (κ2) is 8.90. The third kappa shape index (κ3) is 4.06. The molecule has 0 aliphatic rings. The molecule has 0 bridgehead atoms. The number of phenolic OH excluding ortho intramolecular Hbond substituents is 2. The van der Waals surface area contributed by atoms with Gasteiger partial charge in [0.1, 0.15) is 28.2 Å². The first-order valence-corrected chi connectivity index (χ1v) is 10.8. The molecule has 2 aromatic heterocycles. The maximum Gasteiger partial charge on any atom is 0.306 e. The zero-order chi connectivity index (χ0) is 24.5. The highest BCUT2D eigenvalue weighted by Crippen LogP contribution is 2.43. The van der Waals surface area contributed by atoms with Crippen LogP contribution in [0.3, 0.4) is 0 Å². The molecule has 5 rings (SSSR count). The smallest absolute Gasteiger partial charge is 0.306 e. The van der Waals surface area contributed by atoms with Crippen LogP contribution < -0.4 is 5.43 Å². The van der Waals surface area contributed by atoms with Crippen molar-refractivity contribution in [2.45, 2.75) is 12.3 Å². The van der Waals surface area contributed by atoms with E-state index in [0.29, 0.717) is 22.2 Å². The fourth-order valence-corrected chi connectivity index (χ4v) is 4.24. The minimum atomic E-state index is -0.772. The highest BCUT2D eigenvalue weighted by Gasteiger charge is 2.28.